The minimum atomic E-state index is -0.567. The van der Waals surface area contributed by atoms with Crippen molar-refractivity contribution in [2.75, 3.05) is 0 Å². The van der Waals surface area contributed by atoms with Crippen LogP contribution in [0.2, 0.25) is 0 Å². The number of aromatic amines is 1. The van der Waals surface area contributed by atoms with Crippen LogP contribution in [0, 0.1) is 0 Å². The van der Waals surface area contributed by atoms with Gasteiger partial charge in [0.1, 0.15) is 0 Å². The Labute approximate surface area is 84.4 Å². The van der Waals surface area contributed by atoms with Gasteiger partial charge in [-0.1, -0.05) is 0 Å². The van der Waals surface area contributed by atoms with Crippen molar-refractivity contribution in [2.24, 2.45) is 0 Å². The van der Waals surface area contributed by atoms with Gasteiger partial charge in [0.15, 0.2) is 0 Å². The van der Waals surface area contributed by atoms with Crippen LogP contribution in [0.25, 0.3) is 11.0 Å². The fraction of sp³-hybridized carbons (Fsp3) is 0.300. The Morgan fingerprint density at radius 3 is 2.93 bits per heavy atom. The van der Waals surface area contributed by atoms with Crippen molar-refractivity contribution >= 4 is 11.0 Å². The Morgan fingerprint density at radius 2 is 2.20 bits per heavy atom. The van der Waals surface area contributed by atoms with Gasteiger partial charge in [0, 0.05) is 12.2 Å². The number of hydrogen-bond acceptors (Lipinski definition) is 3. The summed E-state index contributed by atoms with van der Waals surface area (Å²) in [7, 11) is 0. The first-order valence-corrected chi connectivity index (χ1v) is 4.86. The van der Waals surface area contributed by atoms with Crippen LogP contribution in [0.5, 0.6) is 0 Å². The van der Waals surface area contributed by atoms with E-state index in [2.05, 4.69) is 9.97 Å². The summed E-state index contributed by atoms with van der Waals surface area (Å²) >= 11 is 0. The van der Waals surface area contributed by atoms with Crippen molar-refractivity contribution in [2.45, 2.75) is 18.9 Å². The van der Waals surface area contributed by atoms with Crippen molar-refractivity contribution in [1.29, 1.82) is 0 Å². The molecule has 0 amide bonds. The third-order valence-corrected chi connectivity index (χ3v) is 2.63. The van der Waals surface area contributed by atoms with E-state index in [0.717, 1.165) is 18.4 Å². The summed E-state index contributed by atoms with van der Waals surface area (Å²) < 4.78 is 1.58. The maximum atomic E-state index is 11.7. The van der Waals surface area contributed by atoms with E-state index >= 15 is 0 Å². The number of pyridine rings is 1. The van der Waals surface area contributed by atoms with Gasteiger partial charge in [0.25, 0.3) is 0 Å². The number of hydrogen-bond donors (Lipinski definition) is 1. The third kappa shape index (κ3) is 1.20. The summed E-state index contributed by atoms with van der Waals surface area (Å²) in [4.78, 5) is 29.5. The topological polar surface area (TPSA) is 67.8 Å². The molecule has 0 bridgehead atoms. The van der Waals surface area contributed by atoms with Gasteiger partial charge in [-0.15, -0.1) is 0 Å². The lowest BCUT2D eigenvalue weighted by Gasteiger charge is -2.06. The number of nitrogens with zero attached hydrogens (tertiary/aromatic N) is 2. The quantitative estimate of drug-likeness (QED) is 0.683. The molecule has 1 fully saturated rings. The Hall–Kier alpha value is -1.91. The van der Waals surface area contributed by atoms with Crippen molar-refractivity contribution < 1.29 is 0 Å². The standard InChI is InChI=1S/C10H9N3O2/c14-9-10(15)13(6-1-2-6)8-3-4-11-5-7(8)12-9/h3-6H,1-2H2,(H,12,14). The van der Waals surface area contributed by atoms with E-state index in [-0.39, 0.29) is 6.04 Å². The smallest absolute Gasteiger partial charge is 0.315 e. The molecule has 1 aliphatic carbocycles. The lowest BCUT2D eigenvalue weighted by molar-refractivity contribution is 0.724. The molecule has 0 atom stereocenters. The minimum Gasteiger partial charge on any atom is -0.315 e. The first kappa shape index (κ1) is 8.40. The molecule has 0 aromatic carbocycles. The number of rotatable bonds is 1. The number of nitrogens with one attached hydrogen (secondary N) is 1. The van der Waals surface area contributed by atoms with Crippen LogP contribution in [-0.2, 0) is 0 Å². The van der Waals surface area contributed by atoms with E-state index in [1.54, 1.807) is 23.0 Å². The molecule has 0 saturated heterocycles. The van der Waals surface area contributed by atoms with Gasteiger partial charge in [-0.2, -0.15) is 0 Å². The molecule has 0 aliphatic heterocycles. The highest BCUT2D eigenvalue weighted by Crippen LogP contribution is 2.34. The van der Waals surface area contributed by atoms with Crippen molar-refractivity contribution in [3.05, 3.63) is 39.2 Å². The van der Waals surface area contributed by atoms with E-state index in [0.29, 0.717) is 5.52 Å². The Morgan fingerprint density at radius 1 is 1.40 bits per heavy atom. The van der Waals surface area contributed by atoms with Crippen LogP contribution in [0.3, 0.4) is 0 Å². The summed E-state index contributed by atoms with van der Waals surface area (Å²) in [5.41, 5.74) is 0.352. The van der Waals surface area contributed by atoms with Gasteiger partial charge in [0.05, 0.1) is 17.2 Å². The first-order chi connectivity index (χ1) is 7.27. The van der Waals surface area contributed by atoms with Crippen molar-refractivity contribution in [1.82, 2.24) is 14.5 Å². The van der Waals surface area contributed by atoms with Crippen LogP contribution < -0.4 is 11.1 Å². The second-order valence-electron chi connectivity index (χ2n) is 3.75. The van der Waals surface area contributed by atoms with Gasteiger partial charge < -0.3 is 4.98 Å². The molecule has 1 N–H and O–H groups in total. The SMILES string of the molecule is O=c1[nH]c2cnccc2n(C2CC2)c1=O. The summed E-state index contributed by atoms with van der Waals surface area (Å²) in [6.07, 6.45) is 5.13. The molecule has 5 nitrogen and oxygen atoms in total. The molecule has 5 heteroatoms. The fourth-order valence-electron chi connectivity index (χ4n) is 1.78. The molecular weight excluding hydrogens is 194 g/mol. The Kier molecular flexibility index (Phi) is 1.56. The van der Waals surface area contributed by atoms with Gasteiger partial charge >= 0.3 is 11.1 Å². The van der Waals surface area contributed by atoms with E-state index in [4.69, 9.17) is 0 Å². The van der Waals surface area contributed by atoms with Crippen LogP contribution in [0.4, 0.5) is 0 Å². The van der Waals surface area contributed by atoms with Gasteiger partial charge in [-0.3, -0.25) is 19.1 Å². The summed E-state index contributed by atoms with van der Waals surface area (Å²) in [5, 5.41) is 0. The average Bonchev–Trinajstić information content (AvgIpc) is 3.04. The fourth-order valence-corrected chi connectivity index (χ4v) is 1.78. The molecule has 15 heavy (non-hydrogen) atoms. The lowest BCUT2D eigenvalue weighted by Crippen LogP contribution is -2.35. The zero-order chi connectivity index (χ0) is 10.4. The largest absolute Gasteiger partial charge is 0.316 e. The summed E-state index contributed by atoms with van der Waals surface area (Å²) in [5.74, 6) is 0. The molecule has 2 heterocycles. The van der Waals surface area contributed by atoms with E-state index < -0.39 is 11.1 Å². The molecule has 2 aromatic heterocycles. The molecule has 0 radical (unpaired) electrons. The molecule has 1 aliphatic rings. The van der Waals surface area contributed by atoms with E-state index in [1.165, 1.54) is 0 Å². The zero-order valence-electron chi connectivity index (χ0n) is 7.93. The summed E-state index contributed by atoms with van der Waals surface area (Å²) in [6.45, 7) is 0. The predicted molar refractivity (Wildman–Crippen MR) is 54.9 cm³/mol. The highest BCUT2D eigenvalue weighted by molar-refractivity contribution is 5.73. The van der Waals surface area contributed by atoms with Gasteiger partial charge in [0.2, 0.25) is 0 Å². The minimum absolute atomic E-state index is 0.199. The highest BCUT2D eigenvalue weighted by Gasteiger charge is 2.26. The van der Waals surface area contributed by atoms with Crippen LogP contribution >= 0.6 is 0 Å². The van der Waals surface area contributed by atoms with Crippen molar-refractivity contribution in [3.63, 3.8) is 0 Å². The Balaban J connectivity index is 2.51. The van der Waals surface area contributed by atoms with Crippen LogP contribution in [-0.4, -0.2) is 14.5 Å². The molecule has 1 saturated carbocycles. The average molecular weight is 203 g/mol. The lowest BCUT2D eigenvalue weighted by atomic mass is 10.3. The molecule has 3 rings (SSSR count). The second-order valence-corrected chi connectivity index (χ2v) is 3.75. The Bertz CT molecular complexity index is 637. The van der Waals surface area contributed by atoms with Gasteiger partial charge in [-0.25, -0.2) is 0 Å². The monoisotopic (exact) mass is 203 g/mol. The van der Waals surface area contributed by atoms with E-state index in [9.17, 15) is 9.59 Å². The number of aromatic nitrogens is 3. The number of H-pyrrole nitrogens is 1. The molecule has 0 spiro atoms. The van der Waals surface area contributed by atoms with Gasteiger partial charge in [-0.05, 0) is 18.9 Å². The molecule has 2 aromatic rings. The van der Waals surface area contributed by atoms with E-state index in [1.807, 2.05) is 0 Å². The normalized spacial score (nSPS) is 15.7. The summed E-state index contributed by atoms with van der Waals surface area (Å²) in [6, 6.07) is 1.95. The second kappa shape index (κ2) is 2.79. The van der Waals surface area contributed by atoms with Crippen LogP contribution in [0.1, 0.15) is 18.9 Å². The zero-order valence-corrected chi connectivity index (χ0v) is 7.93. The predicted octanol–water partition coefficient (Wildman–Crippen LogP) is 0.420. The number of fused-ring (bicyclic) bond motifs is 1. The molecule has 0 unspecified atom stereocenters. The first-order valence-electron chi connectivity index (χ1n) is 4.86. The third-order valence-electron chi connectivity index (χ3n) is 2.63. The van der Waals surface area contributed by atoms with Crippen molar-refractivity contribution in [3.8, 4) is 0 Å². The highest BCUT2D eigenvalue weighted by atomic mass is 16.2. The maximum absolute atomic E-state index is 11.7. The maximum Gasteiger partial charge on any atom is 0.316 e. The molecule has 76 valence electrons. The molecular formula is C10H9N3O2. The van der Waals surface area contributed by atoms with Crippen LogP contribution in [0.15, 0.2) is 28.0 Å².